The summed E-state index contributed by atoms with van der Waals surface area (Å²) in [6, 6.07) is 46.3. The van der Waals surface area contributed by atoms with Gasteiger partial charge in [-0.3, -0.25) is 0 Å². The molecule has 8 rings (SSSR count). The maximum Gasteiger partial charge on any atom is 0.164 e. The molecular formula is C45H40N4. The number of rotatable bonds is 6. The lowest BCUT2D eigenvalue weighted by molar-refractivity contribution is 0.0780. The predicted molar refractivity (Wildman–Crippen MR) is 198 cm³/mol. The molecule has 2 aliphatic carbocycles. The lowest BCUT2D eigenvalue weighted by Crippen LogP contribution is -2.42. The Labute approximate surface area is 289 Å². The summed E-state index contributed by atoms with van der Waals surface area (Å²) in [5.74, 6) is 4.26. The fourth-order valence-electron chi connectivity index (χ4n) is 8.81. The minimum atomic E-state index is 0.322. The summed E-state index contributed by atoms with van der Waals surface area (Å²) in [6.45, 7) is 4.91. The third kappa shape index (κ3) is 6.30. The van der Waals surface area contributed by atoms with Crippen molar-refractivity contribution in [2.24, 2.45) is 17.8 Å². The Kier molecular flexibility index (Phi) is 8.14. The summed E-state index contributed by atoms with van der Waals surface area (Å²) in [6.07, 6.45) is 6.74. The van der Waals surface area contributed by atoms with E-state index in [9.17, 15) is 5.26 Å². The summed E-state index contributed by atoms with van der Waals surface area (Å²) in [5, 5.41) is 9.36. The van der Waals surface area contributed by atoms with Crippen LogP contribution in [0.25, 0.3) is 56.4 Å². The highest BCUT2D eigenvalue weighted by Gasteiger charge is 2.45. The van der Waals surface area contributed by atoms with Crippen LogP contribution in [0.4, 0.5) is 0 Å². The molecule has 2 unspecified atom stereocenters. The third-order valence-corrected chi connectivity index (χ3v) is 10.7. The van der Waals surface area contributed by atoms with Gasteiger partial charge in [-0.15, -0.1) is 0 Å². The summed E-state index contributed by atoms with van der Waals surface area (Å²) < 4.78 is 0. The highest BCUT2D eigenvalue weighted by atomic mass is 15.0. The second kappa shape index (κ2) is 12.9. The van der Waals surface area contributed by atoms with Gasteiger partial charge >= 0.3 is 0 Å². The van der Waals surface area contributed by atoms with Gasteiger partial charge in [-0.2, -0.15) is 5.26 Å². The minimum absolute atomic E-state index is 0.322. The number of hydrogen-bond acceptors (Lipinski definition) is 4. The highest BCUT2D eigenvalue weighted by molar-refractivity contribution is 5.74. The second-order valence-corrected chi connectivity index (χ2v) is 14.5. The zero-order valence-corrected chi connectivity index (χ0v) is 28.2. The Morgan fingerprint density at radius 3 is 1.59 bits per heavy atom. The van der Waals surface area contributed by atoms with E-state index in [1.165, 1.54) is 48.8 Å². The molecule has 49 heavy (non-hydrogen) atoms. The van der Waals surface area contributed by atoms with Crippen LogP contribution < -0.4 is 0 Å². The van der Waals surface area contributed by atoms with Crippen molar-refractivity contribution in [3.05, 3.63) is 139 Å². The van der Waals surface area contributed by atoms with Crippen LogP contribution in [0.15, 0.2) is 127 Å². The van der Waals surface area contributed by atoms with Crippen molar-refractivity contribution < 1.29 is 0 Å². The standard InChI is InChI=1S/C45H40N4/c1-30-23-33-24-31(2)27-45(26-30,28-33)41-21-19-36(20-22-41)39-9-6-10-40(25-39)44-48-42(37-13-11-32(29-46)12-14-37)47-43(49-44)38-17-15-35(16-18-38)34-7-4-3-5-8-34/h3-22,25,30-31,33H,23-24,26-28H2,1-2H3/t30-,31+,33?,45?. The summed E-state index contributed by atoms with van der Waals surface area (Å²) in [5.41, 5.74) is 9.78. The molecule has 4 atom stereocenters. The number of nitrogens with zero attached hydrogens (tertiary/aromatic N) is 4. The van der Waals surface area contributed by atoms with Gasteiger partial charge in [-0.1, -0.05) is 111 Å². The van der Waals surface area contributed by atoms with Crippen LogP contribution in [-0.4, -0.2) is 15.0 Å². The molecule has 1 heterocycles. The molecule has 0 saturated heterocycles. The van der Waals surface area contributed by atoms with Crippen LogP contribution in [0.1, 0.15) is 57.1 Å². The molecule has 2 fully saturated rings. The molecule has 0 spiro atoms. The largest absolute Gasteiger partial charge is 0.208 e. The Hall–Kier alpha value is -5.40. The third-order valence-electron chi connectivity index (χ3n) is 10.7. The zero-order valence-electron chi connectivity index (χ0n) is 28.2. The van der Waals surface area contributed by atoms with Gasteiger partial charge in [0.1, 0.15) is 0 Å². The Balaban J connectivity index is 1.15. The van der Waals surface area contributed by atoms with Crippen molar-refractivity contribution in [3.8, 4) is 62.5 Å². The molecule has 1 aromatic heterocycles. The molecule has 2 bridgehead atoms. The van der Waals surface area contributed by atoms with Crippen molar-refractivity contribution in [1.29, 1.82) is 5.26 Å². The summed E-state index contributed by atoms with van der Waals surface area (Å²) in [7, 11) is 0. The first-order valence-electron chi connectivity index (χ1n) is 17.6. The van der Waals surface area contributed by atoms with Gasteiger partial charge in [0.25, 0.3) is 0 Å². The van der Waals surface area contributed by atoms with Crippen LogP contribution in [0.2, 0.25) is 0 Å². The van der Waals surface area contributed by atoms with Gasteiger partial charge in [0.05, 0.1) is 11.6 Å². The molecule has 240 valence electrons. The van der Waals surface area contributed by atoms with Gasteiger partial charge in [0.2, 0.25) is 0 Å². The van der Waals surface area contributed by atoms with Crippen LogP contribution in [0.3, 0.4) is 0 Å². The first kappa shape index (κ1) is 30.9. The first-order valence-corrected chi connectivity index (χ1v) is 17.6. The number of hydrogen-bond donors (Lipinski definition) is 0. The molecule has 5 aromatic carbocycles. The molecule has 0 radical (unpaired) electrons. The van der Waals surface area contributed by atoms with E-state index in [1.807, 2.05) is 18.2 Å². The van der Waals surface area contributed by atoms with Crippen molar-refractivity contribution in [2.45, 2.75) is 51.4 Å². The van der Waals surface area contributed by atoms with Gasteiger partial charge in [0.15, 0.2) is 17.5 Å². The normalized spacial score (nSPS) is 21.5. The predicted octanol–water partition coefficient (Wildman–Crippen LogP) is 11.2. The van der Waals surface area contributed by atoms with Crippen molar-refractivity contribution >= 4 is 0 Å². The maximum atomic E-state index is 9.36. The monoisotopic (exact) mass is 636 g/mol. The Morgan fingerprint density at radius 2 is 0.980 bits per heavy atom. The average Bonchev–Trinajstić information content (AvgIpc) is 3.14. The van der Waals surface area contributed by atoms with Gasteiger partial charge in [-0.05, 0) is 113 Å². The van der Waals surface area contributed by atoms with E-state index in [4.69, 9.17) is 15.0 Å². The molecule has 4 nitrogen and oxygen atoms in total. The van der Waals surface area contributed by atoms with Crippen LogP contribution in [-0.2, 0) is 5.41 Å². The minimum Gasteiger partial charge on any atom is -0.208 e. The first-order chi connectivity index (χ1) is 23.9. The number of aromatic nitrogens is 3. The number of nitriles is 1. The van der Waals surface area contributed by atoms with Gasteiger partial charge in [0, 0.05) is 16.7 Å². The number of fused-ring (bicyclic) bond motifs is 2. The van der Waals surface area contributed by atoms with E-state index in [1.54, 1.807) is 12.1 Å². The highest BCUT2D eigenvalue weighted by Crippen LogP contribution is 2.54. The summed E-state index contributed by atoms with van der Waals surface area (Å²) in [4.78, 5) is 14.9. The molecule has 6 aromatic rings. The van der Waals surface area contributed by atoms with Crippen molar-refractivity contribution in [3.63, 3.8) is 0 Å². The molecule has 0 N–H and O–H groups in total. The fourth-order valence-corrected chi connectivity index (χ4v) is 8.81. The van der Waals surface area contributed by atoms with Gasteiger partial charge < -0.3 is 0 Å². The van der Waals surface area contributed by atoms with Crippen LogP contribution in [0, 0.1) is 29.1 Å². The van der Waals surface area contributed by atoms with Crippen LogP contribution in [0.5, 0.6) is 0 Å². The van der Waals surface area contributed by atoms with E-state index in [0.717, 1.165) is 45.6 Å². The Bertz CT molecular complexity index is 2110. The van der Waals surface area contributed by atoms with E-state index in [2.05, 4.69) is 117 Å². The van der Waals surface area contributed by atoms with Crippen molar-refractivity contribution in [1.82, 2.24) is 15.0 Å². The SMILES string of the molecule is C[C@@H]1CC2C[C@H](C)CC(c3ccc(-c4cccc(-c5nc(-c6ccc(C#N)cc6)nc(-c6ccc(-c7ccccc7)cc6)n5)c4)cc3)(C2)C1. The second-order valence-electron chi connectivity index (χ2n) is 14.5. The van der Waals surface area contributed by atoms with E-state index in [0.29, 0.717) is 28.5 Å². The molecule has 0 aliphatic heterocycles. The number of benzene rings is 5. The quantitative estimate of drug-likeness (QED) is 0.182. The van der Waals surface area contributed by atoms with Crippen molar-refractivity contribution in [2.75, 3.05) is 0 Å². The molecule has 0 amide bonds. The Morgan fingerprint density at radius 1 is 0.510 bits per heavy atom. The van der Waals surface area contributed by atoms with E-state index < -0.39 is 0 Å². The molecule has 2 aliphatic rings. The topological polar surface area (TPSA) is 62.5 Å². The van der Waals surface area contributed by atoms with E-state index in [-0.39, 0.29) is 0 Å². The lowest BCUT2D eigenvalue weighted by Gasteiger charge is -2.50. The molecule has 4 heteroatoms. The van der Waals surface area contributed by atoms with Crippen LogP contribution >= 0.6 is 0 Å². The molecular weight excluding hydrogens is 597 g/mol. The zero-order chi connectivity index (χ0) is 33.4. The molecule has 2 saturated carbocycles. The summed E-state index contributed by atoms with van der Waals surface area (Å²) >= 11 is 0. The lowest BCUT2D eigenvalue weighted by atomic mass is 9.54. The average molecular weight is 637 g/mol. The van der Waals surface area contributed by atoms with E-state index >= 15 is 0 Å². The smallest absolute Gasteiger partial charge is 0.164 e. The fraction of sp³-hybridized carbons (Fsp3) is 0.244. The van der Waals surface area contributed by atoms with Gasteiger partial charge in [-0.25, -0.2) is 15.0 Å². The maximum absolute atomic E-state index is 9.36.